The molecule has 0 atom stereocenters. The molecule has 1 amide bonds. The topological polar surface area (TPSA) is 55.1 Å². The van der Waals surface area contributed by atoms with Crippen molar-refractivity contribution in [2.45, 2.75) is 52.1 Å². The van der Waals surface area contributed by atoms with Gasteiger partial charge in [-0.25, -0.2) is 0 Å². The first-order valence-electron chi connectivity index (χ1n) is 9.26. The van der Waals surface area contributed by atoms with Crippen LogP contribution in [0.2, 0.25) is 5.02 Å². The Morgan fingerprint density at radius 2 is 1.92 bits per heavy atom. The normalized spacial score (nSPS) is 17.2. The summed E-state index contributed by atoms with van der Waals surface area (Å²) in [6.07, 6.45) is 5.05. The largest absolute Gasteiger partial charge is 0.366 e. The minimum Gasteiger partial charge on any atom is -0.366 e. The van der Waals surface area contributed by atoms with E-state index in [1.165, 1.54) is 31.2 Å². The van der Waals surface area contributed by atoms with Crippen LogP contribution >= 0.6 is 11.6 Å². The van der Waals surface area contributed by atoms with Crippen molar-refractivity contribution in [2.24, 2.45) is 11.1 Å². The zero-order valence-corrected chi connectivity index (χ0v) is 16.3. The monoisotopic (exact) mass is 370 g/mol. The highest BCUT2D eigenvalue weighted by molar-refractivity contribution is 6.33. The highest BCUT2D eigenvalue weighted by atomic mass is 35.5. The van der Waals surface area contributed by atoms with Crippen molar-refractivity contribution >= 4 is 17.5 Å². The molecule has 0 heterocycles. The van der Waals surface area contributed by atoms with E-state index in [0.717, 1.165) is 17.7 Å². The van der Waals surface area contributed by atoms with Gasteiger partial charge in [-0.15, -0.1) is 0 Å². The highest BCUT2D eigenvalue weighted by Gasteiger charge is 2.26. The number of nitrogens with two attached hydrogens (primary N) is 1. The molecule has 138 valence electrons. The van der Waals surface area contributed by atoms with Crippen molar-refractivity contribution in [3.05, 3.63) is 58.6 Å². The van der Waals surface area contributed by atoms with Gasteiger partial charge in [0.1, 0.15) is 0 Å². The maximum absolute atomic E-state index is 11.3. The minimum absolute atomic E-state index is 0.428. The fraction of sp³-hybridized carbons (Fsp3) is 0.409. The molecule has 3 nitrogen and oxygen atoms in total. The van der Waals surface area contributed by atoms with Gasteiger partial charge in [0.15, 0.2) is 0 Å². The van der Waals surface area contributed by atoms with Crippen LogP contribution in [0.3, 0.4) is 0 Å². The Kier molecular flexibility index (Phi) is 5.69. The zero-order valence-electron chi connectivity index (χ0n) is 15.5. The summed E-state index contributed by atoms with van der Waals surface area (Å²) in [5.74, 6) is -0.466. The standard InChI is InChI=1S/C22H27ClN2O/c1-22(2)10-8-18(9-11-22)25-14-15-4-3-5-16(12-15)19-7-6-17(21(24)26)13-20(19)23/h3-7,12-13,18,25H,8-11,14H2,1-2H3,(H2,24,26). The Morgan fingerprint density at radius 1 is 1.19 bits per heavy atom. The van der Waals surface area contributed by atoms with Gasteiger partial charge in [-0.05, 0) is 60.4 Å². The van der Waals surface area contributed by atoms with Gasteiger partial charge in [0.05, 0.1) is 0 Å². The molecule has 0 unspecified atom stereocenters. The lowest BCUT2D eigenvalue weighted by atomic mass is 9.75. The van der Waals surface area contributed by atoms with Crippen LogP contribution in [-0.2, 0) is 6.54 Å². The average molecular weight is 371 g/mol. The van der Waals surface area contributed by atoms with Gasteiger partial charge in [0.2, 0.25) is 5.91 Å². The van der Waals surface area contributed by atoms with Crippen LogP contribution in [0.1, 0.15) is 55.5 Å². The van der Waals surface area contributed by atoms with Crippen LogP contribution in [0.25, 0.3) is 11.1 Å². The van der Waals surface area contributed by atoms with Crippen molar-refractivity contribution in [1.29, 1.82) is 0 Å². The van der Waals surface area contributed by atoms with E-state index in [1.807, 2.05) is 12.1 Å². The molecule has 0 aromatic heterocycles. The molecule has 0 spiro atoms. The summed E-state index contributed by atoms with van der Waals surface area (Å²) in [7, 11) is 0. The smallest absolute Gasteiger partial charge is 0.248 e. The number of carbonyl (C=O) groups is 1. The lowest BCUT2D eigenvalue weighted by Crippen LogP contribution is -2.35. The van der Waals surface area contributed by atoms with Crippen molar-refractivity contribution in [3.63, 3.8) is 0 Å². The summed E-state index contributed by atoms with van der Waals surface area (Å²) in [5, 5.41) is 4.24. The van der Waals surface area contributed by atoms with Crippen molar-refractivity contribution in [2.75, 3.05) is 0 Å². The first-order chi connectivity index (χ1) is 12.3. The van der Waals surface area contributed by atoms with Gasteiger partial charge < -0.3 is 11.1 Å². The highest BCUT2D eigenvalue weighted by Crippen LogP contribution is 2.35. The molecule has 1 aliphatic carbocycles. The quantitative estimate of drug-likeness (QED) is 0.763. The Morgan fingerprint density at radius 3 is 2.58 bits per heavy atom. The third-order valence-corrected chi connectivity index (χ3v) is 5.74. The van der Waals surface area contributed by atoms with Crippen LogP contribution < -0.4 is 11.1 Å². The third-order valence-electron chi connectivity index (χ3n) is 5.43. The third kappa shape index (κ3) is 4.66. The first kappa shape index (κ1) is 18.9. The second-order valence-electron chi connectivity index (χ2n) is 8.08. The van der Waals surface area contributed by atoms with E-state index in [0.29, 0.717) is 22.0 Å². The number of primary amides is 1. The van der Waals surface area contributed by atoms with E-state index in [4.69, 9.17) is 17.3 Å². The van der Waals surface area contributed by atoms with Crippen LogP contribution in [0, 0.1) is 5.41 Å². The molecule has 1 fully saturated rings. The van der Waals surface area contributed by atoms with Gasteiger partial charge in [-0.2, -0.15) is 0 Å². The molecule has 0 bridgehead atoms. The van der Waals surface area contributed by atoms with E-state index in [1.54, 1.807) is 12.1 Å². The molecular formula is C22H27ClN2O. The number of amides is 1. The van der Waals surface area contributed by atoms with Crippen molar-refractivity contribution < 1.29 is 4.79 Å². The Hall–Kier alpha value is -1.84. The molecule has 26 heavy (non-hydrogen) atoms. The van der Waals surface area contributed by atoms with Gasteiger partial charge in [0.25, 0.3) is 0 Å². The van der Waals surface area contributed by atoms with Gasteiger partial charge in [-0.3, -0.25) is 4.79 Å². The number of carbonyl (C=O) groups excluding carboxylic acids is 1. The minimum atomic E-state index is -0.466. The van der Waals surface area contributed by atoms with E-state index in [2.05, 4.69) is 37.4 Å². The summed E-state index contributed by atoms with van der Waals surface area (Å²) in [6.45, 7) is 5.58. The number of rotatable bonds is 5. The average Bonchev–Trinajstić information content (AvgIpc) is 2.61. The predicted molar refractivity (Wildman–Crippen MR) is 108 cm³/mol. The predicted octanol–water partition coefficient (Wildman–Crippen LogP) is 5.16. The van der Waals surface area contributed by atoms with E-state index < -0.39 is 5.91 Å². The summed E-state index contributed by atoms with van der Waals surface area (Å²) in [4.78, 5) is 11.3. The van der Waals surface area contributed by atoms with Gasteiger partial charge in [-0.1, -0.05) is 49.7 Å². The summed E-state index contributed by atoms with van der Waals surface area (Å²) >= 11 is 6.36. The number of benzene rings is 2. The van der Waals surface area contributed by atoms with Crippen LogP contribution in [-0.4, -0.2) is 11.9 Å². The SMILES string of the molecule is CC1(C)CCC(NCc2cccc(-c3ccc(C(N)=O)cc3Cl)c2)CC1. The Bertz CT molecular complexity index is 790. The van der Waals surface area contributed by atoms with Crippen molar-refractivity contribution in [1.82, 2.24) is 5.32 Å². The molecule has 3 rings (SSSR count). The maximum Gasteiger partial charge on any atom is 0.248 e. The first-order valence-corrected chi connectivity index (χ1v) is 9.64. The van der Waals surface area contributed by atoms with Crippen LogP contribution in [0.5, 0.6) is 0 Å². The molecule has 3 N–H and O–H groups in total. The molecule has 1 aliphatic rings. The molecule has 1 saturated carbocycles. The number of halogens is 1. The van der Waals surface area contributed by atoms with E-state index in [-0.39, 0.29) is 0 Å². The second kappa shape index (κ2) is 7.81. The summed E-state index contributed by atoms with van der Waals surface area (Å²) < 4.78 is 0. The molecule has 0 radical (unpaired) electrons. The lowest BCUT2D eigenvalue weighted by molar-refractivity contribution is 0.100. The molecule has 0 saturated heterocycles. The summed E-state index contributed by atoms with van der Waals surface area (Å²) in [6, 6.07) is 14.2. The van der Waals surface area contributed by atoms with E-state index >= 15 is 0 Å². The molecule has 4 heteroatoms. The number of nitrogens with one attached hydrogen (secondary N) is 1. The molecule has 2 aromatic rings. The number of hydrogen-bond donors (Lipinski definition) is 2. The van der Waals surface area contributed by atoms with Crippen molar-refractivity contribution in [3.8, 4) is 11.1 Å². The van der Waals surface area contributed by atoms with Crippen LogP contribution in [0.15, 0.2) is 42.5 Å². The maximum atomic E-state index is 11.3. The second-order valence-corrected chi connectivity index (χ2v) is 8.49. The fourth-order valence-electron chi connectivity index (χ4n) is 3.62. The Balaban J connectivity index is 1.68. The Labute approximate surface area is 160 Å². The van der Waals surface area contributed by atoms with Gasteiger partial charge in [0, 0.05) is 28.7 Å². The molecular weight excluding hydrogens is 344 g/mol. The molecule has 2 aromatic carbocycles. The summed E-state index contributed by atoms with van der Waals surface area (Å²) in [5.41, 5.74) is 9.44. The van der Waals surface area contributed by atoms with Crippen LogP contribution in [0.4, 0.5) is 0 Å². The fourth-order valence-corrected chi connectivity index (χ4v) is 3.91. The zero-order chi connectivity index (χ0) is 18.7. The molecule has 0 aliphatic heterocycles. The lowest BCUT2D eigenvalue weighted by Gasteiger charge is -2.34. The van der Waals surface area contributed by atoms with Gasteiger partial charge >= 0.3 is 0 Å². The number of hydrogen-bond acceptors (Lipinski definition) is 2. The van der Waals surface area contributed by atoms with E-state index in [9.17, 15) is 4.79 Å².